The van der Waals surface area contributed by atoms with Gasteiger partial charge < -0.3 is 5.32 Å². The number of benzene rings is 2. The van der Waals surface area contributed by atoms with Crippen LogP contribution in [0.15, 0.2) is 47.4 Å². The summed E-state index contributed by atoms with van der Waals surface area (Å²) in [7, 11) is -3.75. The standard InChI is InChI=1S/C25H33ClN2O3S/c1-18(19-9-12-21(13-10-19)25(2,3)4)27-24(29)20-11-14-22(26)23(17-20)32(30,31)28-15-7-5-6-8-16-28/h9-14,17-18H,5-8,15-16H2,1-4H3,(H,27,29)/t18-/m0/s1. The van der Waals surface area contributed by atoms with Crippen molar-refractivity contribution in [1.82, 2.24) is 9.62 Å². The van der Waals surface area contributed by atoms with Gasteiger partial charge in [0.05, 0.1) is 11.1 Å². The fourth-order valence-corrected chi connectivity index (χ4v) is 5.92. The molecule has 0 saturated carbocycles. The summed E-state index contributed by atoms with van der Waals surface area (Å²) < 4.78 is 27.9. The van der Waals surface area contributed by atoms with Crippen molar-refractivity contribution in [3.63, 3.8) is 0 Å². The van der Waals surface area contributed by atoms with Gasteiger partial charge >= 0.3 is 0 Å². The molecule has 1 aliphatic rings. The highest BCUT2D eigenvalue weighted by Crippen LogP contribution is 2.28. The van der Waals surface area contributed by atoms with Gasteiger partial charge in [0, 0.05) is 18.7 Å². The summed E-state index contributed by atoms with van der Waals surface area (Å²) in [5.41, 5.74) is 2.54. The van der Waals surface area contributed by atoms with E-state index in [0.717, 1.165) is 31.2 Å². The van der Waals surface area contributed by atoms with E-state index in [1.54, 1.807) is 6.07 Å². The number of sulfonamides is 1. The van der Waals surface area contributed by atoms with Crippen LogP contribution in [0.3, 0.4) is 0 Å². The molecule has 1 fully saturated rings. The summed E-state index contributed by atoms with van der Waals surface area (Å²) in [5, 5.41) is 3.10. The van der Waals surface area contributed by atoms with Crippen molar-refractivity contribution in [2.75, 3.05) is 13.1 Å². The average molecular weight is 477 g/mol. The van der Waals surface area contributed by atoms with Gasteiger partial charge in [0.25, 0.3) is 5.91 Å². The molecule has 1 amide bonds. The number of carbonyl (C=O) groups is 1. The van der Waals surface area contributed by atoms with Crippen molar-refractivity contribution >= 4 is 27.5 Å². The van der Waals surface area contributed by atoms with Gasteiger partial charge in [-0.15, -0.1) is 0 Å². The second-order valence-electron chi connectivity index (χ2n) is 9.53. The van der Waals surface area contributed by atoms with Gasteiger partial charge in [-0.1, -0.05) is 69.5 Å². The number of nitrogens with zero attached hydrogens (tertiary/aromatic N) is 1. The fraction of sp³-hybridized carbons (Fsp3) is 0.480. The lowest BCUT2D eigenvalue weighted by molar-refractivity contribution is 0.0939. The van der Waals surface area contributed by atoms with Gasteiger partial charge in [-0.05, 0) is 54.5 Å². The molecule has 1 saturated heterocycles. The molecular weight excluding hydrogens is 444 g/mol. The van der Waals surface area contributed by atoms with Crippen LogP contribution in [0, 0.1) is 0 Å². The Morgan fingerprint density at radius 2 is 1.59 bits per heavy atom. The number of carbonyl (C=O) groups excluding carboxylic acids is 1. The highest BCUT2D eigenvalue weighted by Gasteiger charge is 2.28. The van der Waals surface area contributed by atoms with Crippen LogP contribution in [0.1, 0.15) is 80.9 Å². The molecule has 174 valence electrons. The highest BCUT2D eigenvalue weighted by atomic mass is 35.5. The molecule has 7 heteroatoms. The lowest BCUT2D eigenvalue weighted by Crippen LogP contribution is -2.32. The summed E-state index contributed by atoms with van der Waals surface area (Å²) in [4.78, 5) is 12.9. The Kier molecular flexibility index (Phi) is 7.69. The summed E-state index contributed by atoms with van der Waals surface area (Å²) in [6.45, 7) is 9.35. The van der Waals surface area contributed by atoms with Crippen molar-refractivity contribution in [2.24, 2.45) is 0 Å². The lowest BCUT2D eigenvalue weighted by atomic mass is 9.86. The molecule has 0 radical (unpaired) electrons. The van der Waals surface area contributed by atoms with E-state index >= 15 is 0 Å². The predicted octanol–water partition coefficient (Wildman–Crippen LogP) is 5.69. The first-order valence-electron chi connectivity index (χ1n) is 11.2. The van der Waals surface area contributed by atoms with E-state index in [0.29, 0.717) is 13.1 Å². The maximum atomic E-state index is 13.2. The number of nitrogens with one attached hydrogen (secondary N) is 1. The Balaban J connectivity index is 1.79. The molecule has 0 aliphatic carbocycles. The van der Waals surface area contributed by atoms with Crippen molar-refractivity contribution in [3.8, 4) is 0 Å². The van der Waals surface area contributed by atoms with E-state index in [4.69, 9.17) is 11.6 Å². The third-order valence-electron chi connectivity index (χ3n) is 6.00. The molecule has 1 N–H and O–H groups in total. The van der Waals surface area contributed by atoms with Gasteiger partial charge in [-0.2, -0.15) is 4.31 Å². The zero-order chi connectivity index (χ0) is 23.5. The Morgan fingerprint density at radius 1 is 1.00 bits per heavy atom. The smallest absolute Gasteiger partial charge is 0.251 e. The molecule has 0 spiro atoms. The van der Waals surface area contributed by atoms with Gasteiger partial charge in [0.2, 0.25) is 10.0 Å². The van der Waals surface area contributed by atoms with Crippen molar-refractivity contribution < 1.29 is 13.2 Å². The quantitative estimate of drug-likeness (QED) is 0.602. The van der Waals surface area contributed by atoms with E-state index in [1.807, 2.05) is 19.1 Å². The van der Waals surface area contributed by atoms with E-state index in [1.165, 1.54) is 22.0 Å². The third-order valence-corrected chi connectivity index (χ3v) is 8.38. The van der Waals surface area contributed by atoms with E-state index in [2.05, 4.69) is 38.2 Å². The molecule has 0 unspecified atom stereocenters. The van der Waals surface area contributed by atoms with Crippen molar-refractivity contribution in [2.45, 2.75) is 69.7 Å². The summed E-state index contributed by atoms with van der Waals surface area (Å²) in [5.74, 6) is -0.332. The molecular formula is C25H33ClN2O3S. The average Bonchev–Trinajstić information content (AvgIpc) is 3.03. The minimum atomic E-state index is -3.75. The Bertz CT molecular complexity index is 1050. The Labute approximate surface area is 197 Å². The van der Waals surface area contributed by atoms with Gasteiger partial charge in [-0.25, -0.2) is 8.42 Å². The predicted molar refractivity (Wildman–Crippen MR) is 130 cm³/mol. The van der Waals surface area contributed by atoms with E-state index < -0.39 is 10.0 Å². The normalized spacial score (nSPS) is 16.9. The van der Waals surface area contributed by atoms with Crippen LogP contribution in [-0.4, -0.2) is 31.7 Å². The van der Waals surface area contributed by atoms with Crippen LogP contribution in [0.25, 0.3) is 0 Å². The molecule has 2 aromatic rings. The molecule has 3 rings (SSSR count). The lowest BCUT2D eigenvalue weighted by Gasteiger charge is -2.22. The van der Waals surface area contributed by atoms with Crippen LogP contribution < -0.4 is 5.32 Å². The van der Waals surface area contributed by atoms with Crippen molar-refractivity contribution in [1.29, 1.82) is 0 Å². The molecule has 1 atom stereocenters. The number of amides is 1. The first kappa shape index (κ1) is 24.7. The largest absolute Gasteiger partial charge is 0.346 e. The zero-order valence-corrected chi connectivity index (χ0v) is 20.9. The number of hydrogen-bond donors (Lipinski definition) is 1. The number of hydrogen-bond acceptors (Lipinski definition) is 3. The topological polar surface area (TPSA) is 66.5 Å². The molecule has 1 heterocycles. The Morgan fingerprint density at radius 3 is 2.16 bits per heavy atom. The maximum Gasteiger partial charge on any atom is 0.251 e. The molecule has 2 aromatic carbocycles. The second-order valence-corrected chi connectivity index (χ2v) is 11.8. The summed E-state index contributed by atoms with van der Waals surface area (Å²) in [6.07, 6.45) is 3.72. The fourth-order valence-electron chi connectivity index (χ4n) is 3.90. The zero-order valence-electron chi connectivity index (χ0n) is 19.3. The van der Waals surface area contributed by atoms with Gasteiger partial charge in [0.1, 0.15) is 4.90 Å². The first-order chi connectivity index (χ1) is 15.0. The Hall–Kier alpha value is -1.89. The minimum absolute atomic E-state index is 0.00380. The molecule has 0 bridgehead atoms. The van der Waals surface area contributed by atoms with Crippen LogP contribution >= 0.6 is 11.6 Å². The molecule has 1 aliphatic heterocycles. The first-order valence-corrected chi connectivity index (χ1v) is 13.0. The third kappa shape index (κ3) is 5.72. The van der Waals surface area contributed by atoms with Crippen molar-refractivity contribution in [3.05, 3.63) is 64.2 Å². The van der Waals surface area contributed by atoms with Crippen LogP contribution in [0.5, 0.6) is 0 Å². The van der Waals surface area contributed by atoms with Crippen LogP contribution in [0.4, 0.5) is 0 Å². The summed E-state index contributed by atoms with van der Waals surface area (Å²) >= 11 is 6.26. The van der Waals surface area contributed by atoms with Gasteiger partial charge in [-0.3, -0.25) is 4.79 Å². The minimum Gasteiger partial charge on any atom is -0.346 e. The monoisotopic (exact) mass is 476 g/mol. The van der Waals surface area contributed by atoms with Crippen LogP contribution in [-0.2, 0) is 15.4 Å². The summed E-state index contributed by atoms with van der Waals surface area (Å²) in [6, 6.07) is 12.4. The molecule has 32 heavy (non-hydrogen) atoms. The molecule has 5 nitrogen and oxygen atoms in total. The number of halogens is 1. The van der Waals surface area contributed by atoms with Crippen LogP contribution in [0.2, 0.25) is 5.02 Å². The van der Waals surface area contributed by atoms with Gasteiger partial charge in [0.15, 0.2) is 0 Å². The SMILES string of the molecule is C[C@H](NC(=O)c1ccc(Cl)c(S(=O)(=O)N2CCCCCC2)c1)c1ccc(C(C)(C)C)cc1. The second kappa shape index (κ2) is 9.94. The molecule has 0 aromatic heterocycles. The van der Waals surface area contributed by atoms with E-state index in [9.17, 15) is 13.2 Å². The highest BCUT2D eigenvalue weighted by molar-refractivity contribution is 7.89. The van der Waals surface area contributed by atoms with E-state index in [-0.39, 0.29) is 32.8 Å². The number of rotatable bonds is 5. The maximum absolute atomic E-state index is 13.2.